The first-order valence-electron chi connectivity index (χ1n) is 11.2. The topological polar surface area (TPSA) is 45.6 Å². The number of aryl methyl sites for hydroxylation is 1. The molecule has 1 amide bonds. The van der Waals surface area contributed by atoms with E-state index >= 15 is 0 Å². The molecule has 32 heavy (non-hydrogen) atoms. The van der Waals surface area contributed by atoms with Gasteiger partial charge in [-0.05, 0) is 31.4 Å². The van der Waals surface area contributed by atoms with Crippen LogP contribution in [0, 0.1) is 5.92 Å². The Hall–Kier alpha value is -1.77. The van der Waals surface area contributed by atoms with E-state index in [9.17, 15) is 9.59 Å². The molecule has 2 aromatic rings. The quantitative estimate of drug-likeness (QED) is 0.430. The van der Waals surface area contributed by atoms with Crippen molar-refractivity contribution >= 4 is 68.6 Å². The summed E-state index contributed by atoms with van der Waals surface area (Å²) in [5.41, 5.74) is 2.44. The maximum absolute atomic E-state index is 13.7. The van der Waals surface area contributed by atoms with Gasteiger partial charge in [-0.3, -0.25) is 14.5 Å². The molecule has 0 saturated carbocycles. The van der Waals surface area contributed by atoms with Crippen molar-refractivity contribution in [3.05, 3.63) is 45.1 Å². The van der Waals surface area contributed by atoms with Crippen molar-refractivity contribution in [2.45, 2.75) is 33.7 Å². The number of para-hydroxylation sites is 1. The first-order valence-corrected chi connectivity index (χ1v) is 13.5. The number of thiocarbonyl (C=S) groups is 1. The lowest BCUT2D eigenvalue weighted by Gasteiger charge is -2.31. The standard InChI is InChI=1S/C24H29N3O2S3/c1-4-26-19-8-6-5-7-17(19)21(25-11-13-31-14-12-25)18(22(26)28)15-20-23(29)27(24(30)32-20)10-9-16(2)3/h5-8,15-16H,4,9-14H2,1-3H3. The number of aromatic nitrogens is 1. The highest BCUT2D eigenvalue weighted by atomic mass is 32.2. The molecular weight excluding hydrogens is 458 g/mol. The highest BCUT2D eigenvalue weighted by molar-refractivity contribution is 8.26. The molecule has 0 unspecified atom stereocenters. The monoisotopic (exact) mass is 487 g/mol. The third kappa shape index (κ3) is 4.50. The molecule has 8 heteroatoms. The molecule has 1 aromatic heterocycles. The third-order valence-electron chi connectivity index (χ3n) is 5.90. The van der Waals surface area contributed by atoms with Gasteiger partial charge in [0.1, 0.15) is 4.32 Å². The number of anilines is 1. The van der Waals surface area contributed by atoms with Gasteiger partial charge in [0.25, 0.3) is 11.5 Å². The van der Waals surface area contributed by atoms with E-state index in [1.54, 1.807) is 11.0 Å². The summed E-state index contributed by atoms with van der Waals surface area (Å²) < 4.78 is 2.39. The second kappa shape index (κ2) is 10.0. The number of hydrogen-bond acceptors (Lipinski definition) is 6. The number of thioether (sulfide) groups is 2. The van der Waals surface area contributed by atoms with Crippen LogP contribution in [0.4, 0.5) is 5.69 Å². The molecule has 2 aliphatic rings. The van der Waals surface area contributed by atoms with E-state index < -0.39 is 0 Å². The van der Waals surface area contributed by atoms with E-state index in [2.05, 4.69) is 24.8 Å². The molecule has 5 nitrogen and oxygen atoms in total. The van der Waals surface area contributed by atoms with Crippen LogP contribution in [0.15, 0.2) is 34.0 Å². The van der Waals surface area contributed by atoms with Gasteiger partial charge in [0.2, 0.25) is 0 Å². The lowest BCUT2D eigenvalue weighted by atomic mass is 10.1. The zero-order valence-electron chi connectivity index (χ0n) is 18.8. The second-order valence-electron chi connectivity index (χ2n) is 8.44. The third-order valence-corrected chi connectivity index (χ3v) is 8.22. The van der Waals surface area contributed by atoms with Gasteiger partial charge in [0, 0.05) is 43.1 Å². The predicted octanol–water partition coefficient (Wildman–Crippen LogP) is 4.82. The summed E-state index contributed by atoms with van der Waals surface area (Å²) in [6.07, 6.45) is 2.70. The Balaban J connectivity index is 1.86. The van der Waals surface area contributed by atoms with Gasteiger partial charge in [-0.1, -0.05) is 56.0 Å². The van der Waals surface area contributed by atoms with Crippen LogP contribution in [0.2, 0.25) is 0 Å². The van der Waals surface area contributed by atoms with Gasteiger partial charge in [-0.25, -0.2) is 0 Å². The number of fused-ring (bicyclic) bond motifs is 1. The normalized spacial score (nSPS) is 18.6. The van der Waals surface area contributed by atoms with Crippen LogP contribution in [-0.2, 0) is 11.3 Å². The maximum atomic E-state index is 13.7. The Morgan fingerprint density at radius 1 is 1.16 bits per heavy atom. The molecule has 4 rings (SSSR count). The Morgan fingerprint density at radius 3 is 2.56 bits per heavy atom. The minimum atomic E-state index is -0.0867. The molecule has 170 valence electrons. The van der Waals surface area contributed by atoms with E-state index in [1.807, 2.05) is 41.5 Å². The number of rotatable bonds is 6. The van der Waals surface area contributed by atoms with E-state index in [1.165, 1.54) is 11.8 Å². The smallest absolute Gasteiger partial charge is 0.266 e. The predicted molar refractivity (Wildman–Crippen MR) is 143 cm³/mol. The van der Waals surface area contributed by atoms with Crippen molar-refractivity contribution in [3.63, 3.8) is 0 Å². The molecule has 0 aliphatic carbocycles. The Labute approximate surface area is 203 Å². The molecule has 0 radical (unpaired) electrons. The number of benzene rings is 1. The van der Waals surface area contributed by atoms with Crippen molar-refractivity contribution < 1.29 is 4.79 Å². The van der Waals surface area contributed by atoms with E-state index in [-0.39, 0.29) is 11.5 Å². The molecule has 2 saturated heterocycles. The van der Waals surface area contributed by atoms with Crippen LogP contribution in [0.25, 0.3) is 17.0 Å². The van der Waals surface area contributed by atoms with Crippen LogP contribution in [0.1, 0.15) is 32.8 Å². The zero-order valence-corrected chi connectivity index (χ0v) is 21.2. The first-order chi connectivity index (χ1) is 15.4. The highest BCUT2D eigenvalue weighted by Crippen LogP contribution is 2.37. The number of pyridine rings is 1. The van der Waals surface area contributed by atoms with Crippen LogP contribution < -0.4 is 10.5 Å². The van der Waals surface area contributed by atoms with Crippen molar-refractivity contribution in [2.75, 3.05) is 36.0 Å². The minimum absolute atomic E-state index is 0.0492. The van der Waals surface area contributed by atoms with E-state index in [0.717, 1.165) is 47.6 Å². The molecule has 0 bridgehead atoms. The number of carbonyl (C=O) groups excluding carboxylic acids is 1. The van der Waals surface area contributed by atoms with Gasteiger partial charge < -0.3 is 9.47 Å². The number of amides is 1. The highest BCUT2D eigenvalue weighted by Gasteiger charge is 2.33. The van der Waals surface area contributed by atoms with Crippen LogP contribution in [0.3, 0.4) is 0 Å². The van der Waals surface area contributed by atoms with Gasteiger partial charge in [-0.2, -0.15) is 11.8 Å². The average molecular weight is 488 g/mol. The summed E-state index contributed by atoms with van der Waals surface area (Å²) in [6.45, 7) is 9.23. The molecule has 0 spiro atoms. The Morgan fingerprint density at radius 2 is 1.88 bits per heavy atom. The average Bonchev–Trinajstić information content (AvgIpc) is 3.05. The number of hydrogen-bond donors (Lipinski definition) is 0. The zero-order chi connectivity index (χ0) is 22.8. The molecule has 2 aliphatic heterocycles. The summed E-state index contributed by atoms with van der Waals surface area (Å²) >= 11 is 8.75. The van der Waals surface area contributed by atoms with Gasteiger partial charge >= 0.3 is 0 Å². The van der Waals surface area contributed by atoms with Gasteiger partial charge in [-0.15, -0.1) is 0 Å². The van der Waals surface area contributed by atoms with Crippen molar-refractivity contribution in [1.82, 2.24) is 9.47 Å². The summed E-state index contributed by atoms with van der Waals surface area (Å²) in [7, 11) is 0. The fourth-order valence-corrected chi connectivity index (χ4v) is 6.39. The molecule has 0 N–H and O–H groups in total. The Kier molecular flexibility index (Phi) is 7.32. The fourth-order valence-electron chi connectivity index (χ4n) is 4.19. The van der Waals surface area contributed by atoms with Crippen LogP contribution in [-0.4, -0.2) is 50.8 Å². The summed E-state index contributed by atoms with van der Waals surface area (Å²) in [5, 5.41) is 1.06. The van der Waals surface area contributed by atoms with Crippen molar-refractivity contribution in [3.8, 4) is 0 Å². The minimum Gasteiger partial charge on any atom is -0.369 e. The number of carbonyl (C=O) groups is 1. The second-order valence-corrected chi connectivity index (χ2v) is 11.3. The van der Waals surface area contributed by atoms with Crippen molar-refractivity contribution in [1.29, 1.82) is 0 Å². The number of nitrogens with zero attached hydrogens (tertiary/aromatic N) is 3. The first kappa shape index (κ1) is 23.4. The largest absolute Gasteiger partial charge is 0.369 e. The molecule has 3 heterocycles. The van der Waals surface area contributed by atoms with E-state index in [4.69, 9.17) is 12.2 Å². The summed E-state index contributed by atoms with van der Waals surface area (Å²) in [6, 6.07) is 8.09. The lowest BCUT2D eigenvalue weighted by molar-refractivity contribution is -0.122. The fraction of sp³-hybridized carbons (Fsp3) is 0.458. The summed E-state index contributed by atoms with van der Waals surface area (Å²) in [5.74, 6) is 2.46. The molecule has 1 aromatic carbocycles. The Bertz CT molecular complexity index is 1130. The SMILES string of the molecule is CCn1c(=O)c(C=C2SC(=S)N(CCC(C)C)C2=O)c(N2CCSCC2)c2ccccc21. The van der Waals surface area contributed by atoms with Gasteiger partial charge in [0.15, 0.2) is 0 Å². The van der Waals surface area contributed by atoms with E-state index in [0.29, 0.717) is 33.8 Å². The molecule has 2 fully saturated rings. The maximum Gasteiger partial charge on any atom is 0.266 e. The summed E-state index contributed by atoms with van der Waals surface area (Å²) in [4.78, 5) is 31.4. The molecular formula is C24H29N3O2S3. The molecule has 0 atom stereocenters. The van der Waals surface area contributed by atoms with Crippen LogP contribution in [0.5, 0.6) is 0 Å². The van der Waals surface area contributed by atoms with Crippen LogP contribution >= 0.6 is 35.7 Å². The van der Waals surface area contributed by atoms with Gasteiger partial charge in [0.05, 0.1) is 21.7 Å². The van der Waals surface area contributed by atoms with Crippen molar-refractivity contribution in [2.24, 2.45) is 5.92 Å². The lowest BCUT2D eigenvalue weighted by Crippen LogP contribution is -2.36.